The molecule has 98 valence electrons. The summed E-state index contributed by atoms with van der Waals surface area (Å²) in [6, 6.07) is 6.41. The normalized spacial score (nSPS) is 13.1. The van der Waals surface area contributed by atoms with Gasteiger partial charge in [-0.2, -0.15) is 0 Å². The molecule has 18 heavy (non-hydrogen) atoms. The third-order valence-electron chi connectivity index (χ3n) is 3.78. The number of aryl methyl sites for hydroxylation is 1. The van der Waals surface area contributed by atoms with Crippen LogP contribution in [-0.4, -0.2) is 15.0 Å². The average Bonchev–Trinajstić information content (AvgIpc) is 2.77. The van der Waals surface area contributed by atoms with E-state index in [0.717, 1.165) is 23.4 Å². The van der Waals surface area contributed by atoms with Crippen LogP contribution in [0.2, 0.25) is 0 Å². The maximum absolute atomic E-state index is 4.30. The lowest BCUT2D eigenvalue weighted by molar-refractivity contribution is 0.450. The maximum atomic E-state index is 4.30. The van der Waals surface area contributed by atoms with Crippen LogP contribution in [0.15, 0.2) is 18.2 Å². The Balaban J connectivity index is 2.20. The van der Waals surface area contributed by atoms with Crippen molar-refractivity contribution >= 4 is 11.0 Å². The van der Waals surface area contributed by atoms with E-state index in [1.165, 1.54) is 31.2 Å². The SMILES string of the molecule is CCCCC(CC)Cc1cccc2c1nnn2C. The third kappa shape index (κ3) is 2.71. The largest absolute Gasteiger partial charge is 0.248 e. The lowest BCUT2D eigenvalue weighted by Gasteiger charge is -2.14. The van der Waals surface area contributed by atoms with Gasteiger partial charge in [0.05, 0.1) is 5.52 Å². The smallest absolute Gasteiger partial charge is 0.116 e. The van der Waals surface area contributed by atoms with Gasteiger partial charge in [-0.15, -0.1) is 5.10 Å². The van der Waals surface area contributed by atoms with Crippen molar-refractivity contribution in [2.75, 3.05) is 0 Å². The lowest BCUT2D eigenvalue weighted by atomic mass is 9.91. The molecular weight excluding hydrogens is 222 g/mol. The summed E-state index contributed by atoms with van der Waals surface area (Å²) in [5, 5.41) is 8.42. The van der Waals surface area contributed by atoms with Crippen LogP contribution in [0.25, 0.3) is 11.0 Å². The maximum Gasteiger partial charge on any atom is 0.116 e. The number of fused-ring (bicyclic) bond motifs is 1. The van der Waals surface area contributed by atoms with Crippen molar-refractivity contribution < 1.29 is 0 Å². The number of hydrogen-bond donors (Lipinski definition) is 0. The Labute approximate surface area is 109 Å². The predicted molar refractivity (Wildman–Crippen MR) is 75.5 cm³/mol. The summed E-state index contributed by atoms with van der Waals surface area (Å²) >= 11 is 0. The molecule has 0 aliphatic heterocycles. The van der Waals surface area contributed by atoms with E-state index in [4.69, 9.17) is 0 Å². The summed E-state index contributed by atoms with van der Waals surface area (Å²) in [7, 11) is 1.95. The molecule has 1 unspecified atom stereocenters. The third-order valence-corrected chi connectivity index (χ3v) is 3.78. The zero-order valence-electron chi connectivity index (χ0n) is 11.7. The van der Waals surface area contributed by atoms with Crippen LogP contribution in [0, 0.1) is 5.92 Å². The van der Waals surface area contributed by atoms with E-state index in [1.807, 2.05) is 11.7 Å². The van der Waals surface area contributed by atoms with E-state index in [2.05, 4.69) is 42.4 Å². The highest BCUT2D eigenvalue weighted by Gasteiger charge is 2.12. The fourth-order valence-electron chi connectivity index (χ4n) is 2.53. The summed E-state index contributed by atoms with van der Waals surface area (Å²) in [6.07, 6.45) is 6.31. The molecule has 1 aromatic carbocycles. The van der Waals surface area contributed by atoms with E-state index >= 15 is 0 Å². The second-order valence-electron chi connectivity index (χ2n) is 5.12. The van der Waals surface area contributed by atoms with Gasteiger partial charge in [0, 0.05) is 7.05 Å². The molecule has 2 rings (SSSR count). The number of aromatic nitrogens is 3. The highest BCUT2D eigenvalue weighted by atomic mass is 15.4. The van der Waals surface area contributed by atoms with E-state index in [0.29, 0.717) is 0 Å². The van der Waals surface area contributed by atoms with Gasteiger partial charge in [0.1, 0.15) is 5.52 Å². The van der Waals surface area contributed by atoms with Crippen molar-refractivity contribution in [2.45, 2.75) is 46.0 Å². The topological polar surface area (TPSA) is 30.7 Å². The Morgan fingerprint density at radius 3 is 2.83 bits per heavy atom. The highest BCUT2D eigenvalue weighted by Crippen LogP contribution is 2.23. The van der Waals surface area contributed by atoms with Gasteiger partial charge < -0.3 is 0 Å². The van der Waals surface area contributed by atoms with Crippen molar-refractivity contribution in [3.63, 3.8) is 0 Å². The van der Waals surface area contributed by atoms with E-state index < -0.39 is 0 Å². The Kier molecular flexibility index (Phi) is 4.34. The van der Waals surface area contributed by atoms with E-state index in [1.54, 1.807) is 0 Å². The molecule has 0 aliphatic carbocycles. The minimum atomic E-state index is 0.776. The Hall–Kier alpha value is -1.38. The van der Waals surface area contributed by atoms with Gasteiger partial charge in [-0.25, -0.2) is 4.68 Å². The summed E-state index contributed by atoms with van der Waals surface area (Å²) in [4.78, 5) is 0. The molecule has 1 heterocycles. The summed E-state index contributed by atoms with van der Waals surface area (Å²) in [5.41, 5.74) is 3.57. The minimum absolute atomic E-state index is 0.776. The molecule has 0 saturated heterocycles. The van der Waals surface area contributed by atoms with Gasteiger partial charge in [-0.3, -0.25) is 0 Å². The van der Waals surface area contributed by atoms with Crippen molar-refractivity contribution in [1.82, 2.24) is 15.0 Å². The predicted octanol–water partition coefficient (Wildman–Crippen LogP) is 3.73. The standard InChI is InChI=1S/C15H23N3/c1-4-6-8-12(5-2)11-13-9-7-10-14-15(13)16-17-18(14)3/h7,9-10,12H,4-6,8,11H2,1-3H3. The minimum Gasteiger partial charge on any atom is -0.248 e. The first-order valence-electron chi connectivity index (χ1n) is 7.03. The zero-order valence-corrected chi connectivity index (χ0v) is 11.7. The summed E-state index contributed by atoms with van der Waals surface area (Å²) in [6.45, 7) is 4.55. The highest BCUT2D eigenvalue weighted by molar-refractivity contribution is 5.77. The molecule has 0 fully saturated rings. The zero-order chi connectivity index (χ0) is 13.0. The molecule has 0 N–H and O–H groups in total. The number of nitrogens with zero attached hydrogens (tertiary/aromatic N) is 3. The Morgan fingerprint density at radius 2 is 2.11 bits per heavy atom. The van der Waals surface area contributed by atoms with Crippen LogP contribution in [0.4, 0.5) is 0 Å². The molecule has 0 spiro atoms. The summed E-state index contributed by atoms with van der Waals surface area (Å²) < 4.78 is 1.85. The van der Waals surface area contributed by atoms with Crippen molar-refractivity contribution in [3.05, 3.63) is 23.8 Å². The Bertz CT molecular complexity index is 501. The van der Waals surface area contributed by atoms with Gasteiger partial charge in [-0.05, 0) is 24.0 Å². The monoisotopic (exact) mass is 245 g/mol. The van der Waals surface area contributed by atoms with Crippen molar-refractivity contribution in [3.8, 4) is 0 Å². The molecule has 0 amide bonds. The first-order chi connectivity index (χ1) is 8.76. The first-order valence-corrected chi connectivity index (χ1v) is 7.03. The van der Waals surface area contributed by atoms with Crippen LogP contribution >= 0.6 is 0 Å². The van der Waals surface area contributed by atoms with Gasteiger partial charge in [0.2, 0.25) is 0 Å². The van der Waals surface area contributed by atoms with Crippen LogP contribution in [0.5, 0.6) is 0 Å². The molecular formula is C15H23N3. The van der Waals surface area contributed by atoms with Crippen LogP contribution in [0.3, 0.4) is 0 Å². The summed E-state index contributed by atoms with van der Waals surface area (Å²) in [5.74, 6) is 0.776. The fraction of sp³-hybridized carbons (Fsp3) is 0.600. The van der Waals surface area contributed by atoms with Gasteiger partial charge >= 0.3 is 0 Å². The average molecular weight is 245 g/mol. The number of hydrogen-bond acceptors (Lipinski definition) is 2. The quantitative estimate of drug-likeness (QED) is 0.776. The molecule has 1 aromatic heterocycles. The lowest BCUT2D eigenvalue weighted by Crippen LogP contribution is -2.04. The van der Waals surface area contributed by atoms with Gasteiger partial charge in [0.25, 0.3) is 0 Å². The molecule has 0 aliphatic rings. The second-order valence-corrected chi connectivity index (χ2v) is 5.12. The van der Waals surface area contributed by atoms with Crippen molar-refractivity contribution in [1.29, 1.82) is 0 Å². The van der Waals surface area contributed by atoms with Gasteiger partial charge in [0.15, 0.2) is 0 Å². The first kappa shape index (κ1) is 13.1. The molecule has 2 aromatic rings. The number of benzene rings is 1. The second kappa shape index (κ2) is 5.98. The Morgan fingerprint density at radius 1 is 1.28 bits per heavy atom. The van der Waals surface area contributed by atoms with E-state index in [9.17, 15) is 0 Å². The number of rotatable bonds is 6. The van der Waals surface area contributed by atoms with Crippen LogP contribution < -0.4 is 0 Å². The molecule has 0 saturated carbocycles. The van der Waals surface area contributed by atoms with Crippen LogP contribution in [0.1, 0.15) is 45.1 Å². The molecule has 3 heteroatoms. The molecule has 0 bridgehead atoms. The van der Waals surface area contributed by atoms with Crippen molar-refractivity contribution in [2.24, 2.45) is 13.0 Å². The van der Waals surface area contributed by atoms with Gasteiger partial charge in [-0.1, -0.05) is 56.9 Å². The number of unbranched alkanes of at least 4 members (excludes halogenated alkanes) is 1. The molecule has 1 atom stereocenters. The molecule has 3 nitrogen and oxygen atoms in total. The molecule has 0 radical (unpaired) electrons. The van der Waals surface area contributed by atoms with Crippen LogP contribution in [-0.2, 0) is 13.5 Å². The van der Waals surface area contributed by atoms with E-state index in [-0.39, 0.29) is 0 Å². The fourth-order valence-corrected chi connectivity index (χ4v) is 2.53.